The van der Waals surface area contributed by atoms with Gasteiger partial charge in [0.15, 0.2) is 0 Å². The quantitative estimate of drug-likeness (QED) is 0.565. The average Bonchev–Trinajstić information content (AvgIpc) is 1.69. The van der Waals surface area contributed by atoms with E-state index in [2.05, 4.69) is 25.9 Å². The van der Waals surface area contributed by atoms with Gasteiger partial charge in [-0.2, -0.15) is 0 Å². The zero-order chi connectivity index (χ0) is 5.11. The zero-order valence-corrected chi connectivity index (χ0v) is 7.21. The van der Waals surface area contributed by atoms with Gasteiger partial charge in [-0.05, 0) is 15.9 Å². The van der Waals surface area contributed by atoms with Crippen molar-refractivity contribution in [2.24, 2.45) is 0 Å². The summed E-state index contributed by atoms with van der Waals surface area (Å²) in [6.07, 6.45) is 4.87. The first-order valence-corrected chi connectivity index (χ1v) is 2.59. The van der Waals surface area contributed by atoms with Crippen molar-refractivity contribution in [2.75, 3.05) is 0 Å². The van der Waals surface area contributed by atoms with Gasteiger partial charge in [-0.3, -0.25) is 0 Å². The molecule has 40 valence electrons. The molecule has 0 aliphatic heterocycles. The van der Waals surface area contributed by atoms with E-state index in [1.54, 1.807) is 12.4 Å². The third-order valence-electron chi connectivity index (χ3n) is 0.529. The third-order valence-corrected chi connectivity index (χ3v) is 0.939. The van der Waals surface area contributed by atoms with E-state index in [1.807, 2.05) is 0 Å². The molecule has 0 atom stereocenters. The second-order valence-electron chi connectivity index (χ2n) is 1.06. The van der Waals surface area contributed by atoms with Crippen molar-refractivity contribution in [3.63, 3.8) is 0 Å². The second-order valence-corrected chi connectivity index (χ2v) is 1.97. The van der Waals surface area contributed by atoms with E-state index < -0.39 is 0 Å². The molecule has 0 aliphatic rings. The van der Waals surface area contributed by atoms with Crippen LogP contribution in [0.3, 0.4) is 0 Å². The minimum atomic E-state index is 0. The van der Waals surface area contributed by atoms with Crippen LogP contribution in [0.4, 0.5) is 0 Å². The Labute approximate surface area is 75.0 Å². The van der Waals surface area contributed by atoms with Crippen molar-refractivity contribution >= 4 is 39.0 Å². The van der Waals surface area contributed by atoms with Gasteiger partial charge in [0.25, 0.3) is 0 Å². The normalized spacial score (nSPS) is 7.62. The van der Waals surface area contributed by atoms with Crippen LogP contribution in [0.15, 0.2) is 23.2 Å². The minimum Gasteiger partial charge on any atom is -1.00 e. The summed E-state index contributed by atoms with van der Waals surface area (Å²) in [4.78, 5) is 7.45. The summed E-state index contributed by atoms with van der Waals surface area (Å²) in [5.74, 6) is 0. The van der Waals surface area contributed by atoms with Gasteiger partial charge in [0, 0.05) is 12.4 Å². The summed E-state index contributed by atoms with van der Waals surface area (Å²) < 4.78 is 0.912. The van der Waals surface area contributed by atoms with E-state index in [9.17, 15) is 0 Å². The summed E-state index contributed by atoms with van der Waals surface area (Å²) in [5, 5.41) is 0. The average molecular weight is 185 g/mol. The third kappa shape index (κ3) is 2.59. The van der Waals surface area contributed by atoms with Crippen molar-refractivity contribution in [1.29, 1.82) is 0 Å². The van der Waals surface area contributed by atoms with Gasteiger partial charge in [-0.1, -0.05) is 0 Å². The molecular weight excluding hydrogens is 180 g/mol. The maximum absolute atomic E-state index is 3.73. The number of hydrogen-bond acceptors (Lipinski definition) is 2. The molecular formula is C4H5BrMgN2. The molecule has 0 unspecified atom stereocenters. The van der Waals surface area contributed by atoms with Crippen LogP contribution in [-0.2, 0) is 0 Å². The summed E-state index contributed by atoms with van der Waals surface area (Å²) in [5.41, 5.74) is 0. The molecule has 1 heterocycles. The van der Waals surface area contributed by atoms with Gasteiger partial charge in [0.1, 0.15) is 6.33 Å². The van der Waals surface area contributed by atoms with Gasteiger partial charge < -0.3 is 2.85 Å². The van der Waals surface area contributed by atoms with Crippen LogP contribution in [0, 0.1) is 0 Å². The van der Waals surface area contributed by atoms with Crippen molar-refractivity contribution < 1.29 is 2.85 Å². The summed E-state index contributed by atoms with van der Waals surface area (Å²) >= 11 is 3.19. The fourth-order valence-electron chi connectivity index (χ4n) is 0.281. The SMILES string of the molecule is Brc1cncnc1.[H-].[H-].[Mg+2]. The van der Waals surface area contributed by atoms with Gasteiger partial charge in [-0.15, -0.1) is 0 Å². The van der Waals surface area contributed by atoms with Gasteiger partial charge in [0.2, 0.25) is 0 Å². The molecule has 8 heavy (non-hydrogen) atoms. The van der Waals surface area contributed by atoms with Gasteiger partial charge in [0.05, 0.1) is 4.47 Å². The molecule has 0 amide bonds. The summed E-state index contributed by atoms with van der Waals surface area (Å²) in [6, 6.07) is 0. The number of rotatable bonds is 0. The van der Waals surface area contributed by atoms with Crippen molar-refractivity contribution in [1.82, 2.24) is 9.97 Å². The van der Waals surface area contributed by atoms with Crippen molar-refractivity contribution in [3.05, 3.63) is 23.2 Å². The summed E-state index contributed by atoms with van der Waals surface area (Å²) in [7, 11) is 0. The van der Waals surface area contributed by atoms with Crippen LogP contribution in [0.2, 0.25) is 0 Å². The monoisotopic (exact) mass is 184 g/mol. The smallest absolute Gasteiger partial charge is 1.00 e. The zero-order valence-electron chi connectivity index (χ0n) is 6.21. The Kier molecular flexibility index (Phi) is 4.40. The van der Waals surface area contributed by atoms with E-state index in [4.69, 9.17) is 0 Å². The van der Waals surface area contributed by atoms with Crippen LogP contribution >= 0.6 is 15.9 Å². The number of aromatic nitrogens is 2. The molecule has 0 fully saturated rings. The first-order chi connectivity index (χ1) is 3.39. The predicted octanol–water partition coefficient (Wildman–Crippen LogP) is 1.08. The van der Waals surface area contributed by atoms with Crippen LogP contribution < -0.4 is 0 Å². The molecule has 1 aromatic rings. The Morgan fingerprint density at radius 2 is 1.88 bits per heavy atom. The van der Waals surface area contributed by atoms with Gasteiger partial charge in [-0.25, -0.2) is 9.97 Å². The van der Waals surface area contributed by atoms with Crippen molar-refractivity contribution in [3.8, 4) is 0 Å². The second kappa shape index (κ2) is 4.23. The molecule has 0 spiro atoms. The molecule has 0 radical (unpaired) electrons. The summed E-state index contributed by atoms with van der Waals surface area (Å²) in [6.45, 7) is 0. The standard InChI is InChI=1S/C4H3BrN2.Mg.2H/c5-4-1-6-3-7-2-4;;;/h1-3H;;;/q;+2;2*-1. The van der Waals surface area contributed by atoms with E-state index >= 15 is 0 Å². The van der Waals surface area contributed by atoms with E-state index in [-0.39, 0.29) is 25.9 Å². The fraction of sp³-hybridized carbons (Fsp3) is 0. The first kappa shape index (κ1) is 8.33. The Morgan fingerprint density at radius 1 is 1.38 bits per heavy atom. The fourth-order valence-corrected chi connectivity index (χ4v) is 0.517. The molecule has 0 N–H and O–H groups in total. The Morgan fingerprint density at radius 3 is 2.12 bits per heavy atom. The molecule has 0 aromatic carbocycles. The van der Waals surface area contributed by atoms with E-state index in [1.165, 1.54) is 6.33 Å². The maximum atomic E-state index is 3.73. The molecule has 2 nitrogen and oxygen atoms in total. The molecule has 0 saturated carbocycles. The molecule has 0 bridgehead atoms. The number of hydrogen-bond donors (Lipinski definition) is 0. The molecule has 4 heteroatoms. The Hall–Kier alpha value is 0.326. The number of halogens is 1. The molecule has 1 aromatic heterocycles. The van der Waals surface area contributed by atoms with Crippen LogP contribution in [0.1, 0.15) is 2.85 Å². The van der Waals surface area contributed by atoms with E-state index in [0.29, 0.717) is 0 Å². The minimum absolute atomic E-state index is 0. The molecule has 1 rings (SSSR count). The first-order valence-electron chi connectivity index (χ1n) is 1.80. The van der Waals surface area contributed by atoms with Gasteiger partial charge >= 0.3 is 23.1 Å². The van der Waals surface area contributed by atoms with Crippen LogP contribution in [0.5, 0.6) is 0 Å². The van der Waals surface area contributed by atoms with Crippen molar-refractivity contribution in [2.45, 2.75) is 0 Å². The topological polar surface area (TPSA) is 25.8 Å². The van der Waals surface area contributed by atoms with Crippen LogP contribution in [0.25, 0.3) is 0 Å². The maximum Gasteiger partial charge on any atom is 2.00 e. The predicted molar refractivity (Wildman–Crippen MR) is 37.7 cm³/mol. The van der Waals surface area contributed by atoms with E-state index in [0.717, 1.165) is 4.47 Å². The number of nitrogens with zero attached hydrogens (tertiary/aromatic N) is 2. The molecule has 0 saturated heterocycles. The Balaban J connectivity index is -0.000000163. The molecule has 0 aliphatic carbocycles. The largest absolute Gasteiger partial charge is 2.00 e. The Bertz CT molecular complexity index is 151. The van der Waals surface area contributed by atoms with Crippen LogP contribution in [-0.4, -0.2) is 33.0 Å².